The minimum absolute atomic E-state index is 0.719. The van der Waals surface area contributed by atoms with Gasteiger partial charge in [0.15, 0.2) is 4.67 Å². The van der Waals surface area contributed by atoms with Gasteiger partial charge >= 0.3 is 0 Å². The third kappa shape index (κ3) is 6.75. The van der Waals surface area contributed by atoms with Crippen molar-refractivity contribution in [2.24, 2.45) is 0 Å². The molecule has 0 atom stereocenters. The van der Waals surface area contributed by atoms with Gasteiger partial charge in [-0.15, -0.1) is 0 Å². The van der Waals surface area contributed by atoms with Gasteiger partial charge in [0.25, 0.3) is 0 Å². The van der Waals surface area contributed by atoms with Crippen LogP contribution in [0.2, 0.25) is 5.02 Å². The topological polar surface area (TPSA) is 9.23 Å². The lowest BCUT2D eigenvalue weighted by Gasteiger charge is -2.04. The molecular formula is C14H18BrClO. The van der Waals surface area contributed by atoms with E-state index >= 15 is 0 Å². The van der Waals surface area contributed by atoms with E-state index in [-0.39, 0.29) is 0 Å². The standard InChI is InChI=1S/C14H18BrClO/c1-2-3-4-5-6-7-14(15)17-13-10-8-12(16)9-11-13/h7-11H,2-6H2,1H3/b14-7+. The van der Waals surface area contributed by atoms with Gasteiger partial charge in [-0.1, -0.05) is 37.8 Å². The Kier molecular flexibility index (Phi) is 7.38. The first-order valence-electron chi connectivity index (χ1n) is 6.01. The van der Waals surface area contributed by atoms with Crippen molar-refractivity contribution in [2.45, 2.75) is 39.0 Å². The molecule has 0 heterocycles. The van der Waals surface area contributed by atoms with Gasteiger partial charge in [0.1, 0.15) is 5.75 Å². The molecule has 0 N–H and O–H groups in total. The summed E-state index contributed by atoms with van der Waals surface area (Å²) >= 11 is 9.21. The van der Waals surface area contributed by atoms with Crippen LogP contribution in [-0.2, 0) is 0 Å². The summed E-state index contributed by atoms with van der Waals surface area (Å²) in [5.74, 6) is 0.797. The highest BCUT2D eigenvalue weighted by atomic mass is 79.9. The molecule has 0 aromatic heterocycles. The van der Waals surface area contributed by atoms with Crippen LogP contribution in [0.15, 0.2) is 35.0 Å². The normalized spacial score (nSPS) is 11.6. The molecule has 0 amide bonds. The maximum Gasteiger partial charge on any atom is 0.165 e. The summed E-state index contributed by atoms with van der Waals surface area (Å²) in [6, 6.07) is 7.35. The van der Waals surface area contributed by atoms with E-state index in [1.165, 1.54) is 25.7 Å². The Hall–Kier alpha value is -0.470. The van der Waals surface area contributed by atoms with Gasteiger partial charge < -0.3 is 4.74 Å². The van der Waals surface area contributed by atoms with E-state index in [1.54, 1.807) is 0 Å². The molecule has 0 aliphatic carbocycles. The Balaban J connectivity index is 2.30. The number of ether oxygens (including phenoxy) is 1. The van der Waals surface area contributed by atoms with Crippen LogP contribution in [0.3, 0.4) is 0 Å². The molecule has 0 aliphatic heterocycles. The molecule has 1 nitrogen and oxygen atoms in total. The van der Waals surface area contributed by atoms with Crippen molar-refractivity contribution >= 4 is 27.5 Å². The third-order valence-electron chi connectivity index (χ3n) is 2.39. The summed E-state index contributed by atoms with van der Waals surface area (Å²) in [5, 5.41) is 0.719. The number of hydrogen-bond donors (Lipinski definition) is 0. The average molecular weight is 318 g/mol. The van der Waals surface area contributed by atoms with E-state index in [9.17, 15) is 0 Å². The molecule has 0 unspecified atom stereocenters. The van der Waals surface area contributed by atoms with E-state index < -0.39 is 0 Å². The molecule has 0 bridgehead atoms. The zero-order valence-electron chi connectivity index (χ0n) is 10.1. The molecule has 3 heteroatoms. The van der Waals surface area contributed by atoms with Gasteiger partial charge in [0.2, 0.25) is 0 Å². The molecule has 1 aromatic rings. The van der Waals surface area contributed by atoms with Gasteiger partial charge in [0, 0.05) is 5.02 Å². The van der Waals surface area contributed by atoms with E-state index in [2.05, 4.69) is 28.9 Å². The van der Waals surface area contributed by atoms with Crippen molar-refractivity contribution in [2.75, 3.05) is 0 Å². The number of halogens is 2. The molecule has 17 heavy (non-hydrogen) atoms. The third-order valence-corrected chi connectivity index (χ3v) is 3.13. The van der Waals surface area contributed by atoms with E-state index in [0.717, 1.165) is 21.9 Å². The van der Waals surface area contributed by atoms with Crippen molar-refractivity contribution < 1.29 is 4.74 Å². The summed E-state index contributed by atoms with van der Waals surface area (Å²) < 4.78 is 6.37. The molecular weight excluding hydrogens is 300 g/mol. The number of hydrogen-bond acceptors (Lipinski definition) is 1. The number of benzene rings is 1. The maximum absolute atomic E-state index is 5.80. The highest BCUT2D eigenvalue weighted by Gasteiger charge is 1.96. The van der Waals surface area contributed by atoms with Gasteiger partial charge in [-0.25, -0.2) is 0 Å². The van der Waals surface area contributed by atoms with Gasteiger partial charge in [-0.2, -0.15) is 0 Å². The molecule has 0 saturated carbocycles. The smallest absolute Gasteiger partial charge is 0.165 e. The van der Waals surface area contributed by atoms with Crippen LogP contribution in [0.5, 0.6) is 5.75 Å². The maximum atomic E-state index is 5.80. The Bertz CT molecular complexity index is 346. The second-order valence-electron chi connectivity index (χ2n) is 3.91. The van der Waals surface area contributed by atoms with Crippen LogP contribution in [0, 0.1) is 0 Å². The molecule has 0 spiro atoms. The number of unbranched alkanes of at least 4 members (excludes halogenated alkanes) is 4. The Morgan fingerprint density at radius 1 is 1.24 bits per heavy atom. The molecule has 1 rings (SSSR count). The summed E-state index contributed by atoms with van der Waals surface area (Å²) in [5.41, 5.74) is 0. The molecule has 94 valence electrons. The largest absolute Gasteiger partial charge is 0.450 e. The first-order valence-corrected chi connectivity index (χ1v) is 7.18. The van der Waals surface area contributed by atoms with E-state index in [4.69, 9.17) is 16.3 Å². The minimum atomic E-state index is 0.719. The van der Waals surface area contributed by atoms with Crippen molar-refractivity contribution in [1.29, 1.82) is 0 Å². The average Bonchev–Trinajstić information content (AvgIpc) is 2.32. The predicted molar refractivity (Wildman–Crippen MR) is 77.8 cm³/mol. The zero-order valence-corrected chi connectivity index (χ0v) is 12.4. The second-order valence-corrected chi connectivity index (χ2v) is 5.13. The summed E-state index contributed by atoms with van der Waals surface area (Å²) in [7, 11) is 0. The lowest BCUT2D eigenvalue weighted by Crippen LogP contribution is -1.87. The van der Waals surface area contributed by atoms with E-state index in [1.807, 2.05) is 24.3 Å². The highest BCUT2D eigenvalue weighted by molar-refractivity contribution is 9.11. The second kappa shape index (κ2) is 8.60. The Morgan fingerprint density at radius 2 is 1.94 bits per heavy atom. The summed E-state index contributed by atoms with van der Waals surface area (Å²) in [4.78, 5) is 0. The van der Waals surface area contributed by atoms with Crippen molar-refractivity contribution in [1.82, 2.24) is 0 Å². The van der Waals surface area contributed by atoms with Crippen LogP contribution in [0.1, 0.15) is 39.0 Å². The minimum Gasteiger partial charge on any atom is -0.450 e. The fourth-order valence-corrected chi connectivity index (χ4v) is 1.99. The molecule has 1 aromatic carbocycles. The fraction of sp³-hybridized carbons (Fsp3) is 0.429. The molecule has 0 saturated heterocycles. The van der Waals surface area contributed by atoms with Crippen LogP contribution in [0.4, 0.5) is 0 Å². The van der Waals surface area contributed by atoms with Crippen LogP contribution < -0.4 is 4.74 Å². The molecule has 0 aliphatic rings. The van der Waals surface area contributed by atoms with Crippen molar-refractivity contribution in [3.05, 3.63) is 40.0 Å². The lowest BCUT2D eigenvalue weighted by molar-refractivity contribution is 0.466. The van der Waals surface area contributed by atoms with Crippen molar-refractivity contribution in [3.8, 4) is 5.75 Å². The van der Waals surface area contributed by atoms with Crippen LogP contribution in [-0.4, -0.2) is 0 Å². The number of rotatable bonds is 7. The first kappa shape index (κ1) is 14.6. The number of allylic oxidation sites excluding steroid dienone is 1. The first-order chi connectivity index (χ1) is 8.22. The molecule has 0 radical (unpaired) electrons. The van der Waals surface area contributed by atoms with Gasteiger partial charge in [-0.3, -0.25) is 0 Å². The van der Waals surface area contributed by atoms with Crippen LogP contribution >= 0.6 is 27.5 Å². The quantitative estimate of drug-likeness (QED) is 0.447. The highest BCUT2D eigenvalue weighted by Crippen LogP contribution is 2.20. The zero-order chi connectivity index (χ0) is 12.5. The Labute approximate surface area is 117 Å². The Morgan fingerprint density at radius 3 is 2.59 bits per heavy atom. The van der Waals surface area contributed by atoms with Gasteiger partial charge in [-0.05, 0) is 59.1 Å². The monoisotopic (exact) mass is 316 g/mol. The van der Waals surface area contributed by atoms with Crippen molar-refractivity contribution in [3.63, 3.8) is 0 Å². The summed E-state index contributed by atoms with van der Waals surface area (Å²) in [6.45, 7) is 2.22. The van der Waals surface area contributed by atoms with Gasteiger partial charge in [0.05, 0.1) is 0 Å². The van der Waals surface area contributed by atoms with E-state index in [0.29, 0.717) is 0 Å². The fourth-order valence-electron chi connectivity index (χ4n) is 1.44. The molecule has 0 fully saturated rings. The predicted octanol–water partition coefficient (Wildman–Crippen LogP) is 5.93. The van der Waals surface area contributed by atoms with Crippen LogP contribution in [0.25, 0.3) is 0 Å². The summed E-state index contributed by atoms with van der Waals surface area (Å²) in [6.07, 6.45) is 8.20. The lowest BCUT2D eigenvalue weighted by atomic mass is 10.1. The SMILES string of the molecule is CCCCCC/C=C(\Br)Oc1ccc(Cl)cc1.